The number of carbonyl (C=O) groups is 4. The molecule has 0 aliphatic heterocycles. The maximum absolute atomic E-state index is 13.6. The third-order valence-corrected chi connectivity index (χ3v) is 8.88. The highest BCUT2D eigenvalue weighted by Crippen LogP contribution is 2.28. The van der Waals surface area contributed by atoms with Crippen molar-refractivity contribution >= 4 is 63.4 Å². The van der Waals surface area contributed by atoms with Crippen molar-refractivity contribution in [2.75, 3.05) is 30.5 Å². The van der Waals surface area contributed by atoms with Gasteiger partial charge in [-0.15, -0.1) is 0 Å². The van der Waals surface area contributed by atoms with Gasteiger partial charge in [0.2, 0.25) is 23.7 Å². The number of nitrogens with two attached hydrogens (primary N) is 3. The van der Waals surface area contributed by atoms with Gasteiger partial charge in [-0.2, -0.15) is 10.2 Å². The Bertz CT molecular complexity index is 2520. The summed E-state index contributed by atoms with van der Waals surface area (Å²) in [5, 5.41) is 14.5. The molecule has 8 N–H and O–H groups in total. The van der Waals surface area contributed by atoms with Gasteiger partial charge in [-0.1, -0.05) is 12.2 Å². The number of anilines is 3. The Morgan fingerprint density at radius 2 is 1.42 bits per heavy atom. The van der Waals surface area contributed by atoms with Crippen LogP contribution in [0.15, 0.2) is 42.6 Å². The van der Waals surface area contributed by atoms with E-state index >= 15 is 0 Å². The fourth-order valence-electron chi connectivity index (χ4n) is 6.37. The molecule has 0 bridgehead atoms. The molecule has 0 aliphatic carbocycles. The molecule has 0 spiro atoms. The molecule has 4 amide bonds. The van der Waals surface area contributed by atoms with Gasteiger partial charge in [0.15, 0.2) is 5.65 Å². The van der Waals surface area contributed by atoms with Crippen LogP contribution in [-0.4, -0.2) is 86.3 Å². The van der Waals surface area contributed by atoms with Gasteiger partial charge in [0, 0.05) is 44.5 Å². The molecule has 0 unspecified atom stereocenters. The van der Waals surface area contributed by atoms with Gasteiger partial charge in [-0.25, -0.2) is 15.0 Å². The zero-order valence-corrected chi connectivity index (χ0v) is 31.4. The third-order valence-electron chi connectivity index (χ3n) is 8.88. The summed E-state index contributed by atoms with van der Waals surface area (Å²) in [6, 6.07) is 6.53. The van der Waals surface area contributed by atoms with Gasteiger partial charge < -0.3 is 26.7 Å². The largest absolute Gasteiger partial charge is 0.395 e. The van der Waals surface area contributed by atoms with Gasteiger partial charge in [-0.3, -0.25) is 43.7 Å². The Labute approximate surface area is 315 Å². The minimum Gasteiger partial charge on any atom is -0.395 e. The second-order valence-electron chi connectivity index (χ2n) is 13.2. The Balaban J connectivity index is 1.39. The normalized spacial score (nSPS) is 11.7. The van der Waals surface area contributed by atoms with Crippen LogP contribution in [0.3, 0.4) is 0 Å². The summed E-state index contributed by atoms with van der Waals surface area (Å²) >= 11 is 0. The van der Waals surface area contributed by atoms with Gasteiger partial charge in [0.1, 0.15) is 16.9 Å². The van der Waals surface area contributed by atoms with Gasteiger partial charge in [-0.05, 0) is 71.6 Å². The number of hydrogen-bond donors (Lipinski definition) is 5. The van der Waals surface area contributed by atoms with Crippen LogP contribution in [0.25, 0.3) is 22.2 Å². The summed E-state index contributed by atoms with van der Waals surface area (Å²) in [5.74, 6) is -1.81. The third kappa shape index (κ3) is 7.49. The molecule has 0 aliphatic rings. The number of primary amides is 2. The number of nitrogens with zero attached hydrogens (tertiary/aromatic N) is 10. The van der Waals surface area contributed by atoms with Gasteiger partial charge in [0.25, 0.3) is 11.8 Å². The first-order valence-corrected chi connectivity index (χ1v) is 17.5. The highest BCUT2D eigenvalue weighted by Gasteiger charge is 2.24. The molecule has 0 saturated heterocycles. The van der Waals surface area contributed by atoms with Crippen LogP contribution in [0.1, 0.15) is 72.5 Å². The van der Waals surface area contributed by atoms with Crippen LogP contribution in [-0.2, 0) is 32.7 Å². The number of carbonyl (C=O) groups excluding carboxylic acids is 4. The van der Waals surface area contributed by atoms with Crippen LogP contribution in [0.5, 0.6) is 0 Å². The van der Waals surface area contributed by atoms with E-state index in [1.807, 2.05) is 56.5 Å². The molecule has 5 heterocycles. The first-order chi connectivity index (χ1) is 26.2. The van der Waals surface area contributed by atoms with Crippen molar-refractivity contribution in [1.82, 2.24) is 48.5 Å². The molecular formula is C36H43N15O4. The summed E-state index contributed by atoms with van der Waals surface area (Å²) in [7, 11) is 3.80. The van der Waals surface area contributed by atoms with Crippen molar-refractivity contribution in [3.63, 3.8) is 0 Å². The number of allylic oxidation sites excluding steroid dienone is 2. The molecule has 0 radical (unpaired) electrons. The summed E-state index contributed by atoms with van der Waals surface area (Å²) in [4.78, 5) is 67.2. The topological polar surface area (TPSA) is 258 Å². The molecule has 1 aromatic carbocycles. The quantitative estimate of drug-likeness (QED) is 0.101. The van der Waals surface area contributed by atoms with Crippen molar-refractivity contribution in [3.8, 4) is 0 Å². The average molecular weight is 750 g/mol. The summed E-state index contributed by atoms with van der Waals surface area (Å²) in [5.41, 5.74) is 22.5. The van der Waals surface area contributed by atoms with E-state index in [-0.39, 0.29) is 47.5 Å². The molecule has 5 aromatic heterocycles. The number of nitrogens with one attached hydrogen (secondary N) is 2. The maximum atomic E-state index is 13.6. The van der Waals surface area contributed by atoms with Crippen LogP contribution in [0, 0.1) is 13.8 Å². The summed E-state index contributed by atoms with van der Waals surface area (Å²) < 4.78 is 6.63. The van der Waals surface area contributed by atoms with E-state index in [0.717, 1.165) is 5.56 Å². The van der Waals surface area contributed by atoms with Gasteiger partial charge >= 0.3 is 0 Å². The van der Waals surface area contributed by atoms with Crippen molar-refractivity contribution in [2.45, 2.75) is 60.4 Å². The molecular weight excluding hydrogens is 706 g/mol. The number of aryl methyl sites for hydroxylation is 4. The molecule has 286 valence electrons. The number of rotatable bonds is 14. The zero-order valence-electron chi connectivity index (χ0n) is 31.4. The van der Waals surface area contributed by atoms with E-state index in [1.165, 1.54) is 16.9 Å². The zero-order chi connectivity index (χ0) is 39.7. The number of imidazole rings is 2. The first-order valence-electron chi connectivity index (χ1n) is 17.5. The van der Waals surface area contributed by atoms with E-state index in [9.17, 15) is 19.2 Å². The molecule has 19 nitrogen and oxygen atoms in total. The van der Waals surface area contributed by atoms with Crippen molar-refractivity contribution in [2.24, 2.45) is 11.5 Å². The first kappa shape index (κ1) is 37.9. The van der Waals surface area contributed by atoms with Crippen molar-refractivity contribution in [3.05, 3.63) is 82.1 Å². The van der Waals surface area contributed by atoms with Gasteiger partial charge in [0.05, 0.1) is 33.7 Å². The Kier molecular flexibility index (Phi) is 10.5. The minimum atomic E-state index is -0.675. The van der Waals surface area contributed by atoms with E-state index in [1.54, 1.807) is 34.4 Å². The highest BCUT2D eigenvalue weighted by atomic mass is 16.2. The minimum absolute atomic E-state index is 0.149. The lowest BCUT2D eigenvalue weighted by atomic mass is 10.1. The maximum Gasteiger partial charge on any atom is 0.278 e. The monoisotopic (exact) mass is 749 g/mol. The van der Waals surface area contributed by atoms with Crippen LogP contribution < -0.4 is 27.8 Å². The number of aromatic nitrogens is 9. The highest BCUT2D eigenvalue weighted by molar-refractivity contribution is 6.07. The molecule has 0 atom stereocenters. The molecule has 6 rings (SSSR count). The van der Waals surface area contributed by atoms with Crippen molar-refractivity contribution < 1.29 is 19.2 Å². The standard InChI is InChI=1S/C36H43N15O4/c1-7-50-26(13-19(3)45-50)33(54)43-35-41-24-15-21(30(38)52)14-23(18-47(5)6)28(24)48(35)11-9-10-12-49-32-25(16-22(17-40-32)31(39)53)42-36(49)44-34(55)29-27(37)20(4)46-51(29)8-2/h9-10,13-17H,7-8,11-12,18,37H2,1-6H3,(H2,38,52)(H2,39,53)(H,41,43,54)(H,42,44,55)/b10-9+. The van der Waals surface area contributed by atoms with E-state index in [4.69, 9.17) is 22.2 Å². The molecule has 19 heteroatoms. The second kappa shape index (κ2) is 15.2. The van der Waals surface area contributed by atoms with E-state index < -0.39 is 23.6 Å². The summed E-state index contributed by atoms with van der Waals surface area (Å²) in [6.07, 6.45) is 5.05. The molecule has 6 aromatic rings. The average Bonchev–Trinajstić information content (AvgIpc) is 3.87. The molecule has 0 saturated carbocycles. The molecule has 0 fully saturated rings. The predicted molar refractivity (Wildman–Crippen MR) is 206 cm³/mol. The lowest BCUT2D eigenvalue weighted by molar-refractivity contribution is 0.0991. The number of hydrogen-bond acceptors (Lipinski definition) is 11. The van der Waals surface area contributed by atoms with Crippen LogP contribution in [0.4, 0.5) is 17.6 Å². The Morgan fingerprint density at radius 1 is 0.800 bits per heavy atom. The predicted octanol–water partition coefficient (Wildman–Crippen LogP) is 2.43. The fourth-order valence-corrected chi connectivity index (χ4v) is 6.37. The Morgan fingerprint density at radius 3 is 2.07 bits per heavy atom. The lowest BCUT2D eigenvalue weighted by Crippen LogP contribution is -2.21. The lowest BCUT2D eigenvalue weighted by Gasteiger charge is -2.15. The van der Waals surface area contributed by atoms with Crippen molar-refractivity contribution in [1.29, 1.82) is 0 Å². The SMILES string of the molecule is CCn1nc(C)cc1C(=O)Nc1nc2cc(C(N)=O)cc(CN(C)C)c2n1C/C=C/Cn1c(NC(=O)c2c(N)c(C)nn2CC)nc2cc(C(N)=O)cnc21. The van der Waals surface area contributed by atoms with E-state index in [0.29, 0.717) is 58.9 Å². The number of pyridine rings is 1. The second-order valence-corrected chi connectivity index (χ2v) is 13.2. The fraction of sp³-hybridized carbons (Fsp3) is 0.306. The Hall–Kier alpha value is -6.89. The van der Waals surface area contributed by atoms with E-state index in [2.05, 4.69) is 30.8 Å². The number of fused-ring (bicyclic) bond motifs is 2. The van der Waals surface area contributed by atoms with Crippen LogP contribution >= 0.6 is 0 Å². The number of nitrogen functional groups attached to an aromatic ring is 1. The smallest absolute Gasteiger partial charge is 0.278 e. The van der Waals surface area contributed by atoms with Crippen LogP contribution in [0.2, 0.25) is 0 Å². The molecule has 55 heavy (non-hydrogen) atoms. The number of amides is 4. The number of benzene rings is 1. The summed E-state index contributed by atoms with van der Waals surface area (Å²) in [6.45, 7) is 9.03.